The van der Waals surface area contributed by atoms with Crippen LogP contribution in [-0.2, 0) is 23.8 Å². The van der Waals surface area contributed by atoms with E-state index in [2.05, 4.69) is 22.2 Å². The van der Waals surface area contributed by atoms with E-state index in [0.717, 1.165) is 41.1 Å². The minimum Gasteiger partial charge on any atom is -0.467 e. The number of nitrogens with one attached hydrogen (secondary N) is 1. The van der Waals surface area contributed by atoms with Gasteiger partial charge in [-0.2, -0.15) is 13.2 Å². The van der Waals surface area contributed by atoms with E-state index in [4.69, 9.17) is 4.74 Å². The Bertz CT molecular complexity index is 1060. The second-order valence-electron chi connectivity index (χ2n) is 7.09. The molecule has 0 radical (unpaired) electrons. The monoisotopic (exact) mass is 421 g/mol. The van der Waals surface area contributed by atoms with Gasteiger partial charge in [0.05, 0.1) is 16.6 Å². The number of thiophene rings is 1. The van der Waals surface area contributed by atoms with E-state index in [1.165, 1.54) is 29.4 Å². The van der Waals surface area contributed by atoms with Gasteiger partial charge in [-0.25, -0.2) is 9.97 Å². The minimum atomic E-state index is -4.56. The van der Waals surface area contributed by atoms with E-state index in [1.54, 1.807) is 11.3 Å². The Balaban J connectivity index is 1.52. The first-order valence-electron chi connectivity index (χ1n) is 9.17. The van der Waals surface area contributed by atoms with Crippen molar-refractivity contribution < 1.29 is 22.7 Å². The van der Waals surface area contributed by atoms with E-state index in [-0.39, 0.29) is 5.69 Å². The van der Waals surface area contributed by atoms with Gasteiger partial charge in [-0.15, -0.1) is 11.3 Å². The summed E-state index contributed by atoms with van der Waals surface area (Å²) < 4.78 is 44.8. The number of benzene rings is 1. The normalized spacial score (nSPS) is 16.5. The molecule has 4 rings (SSSR count). The number of ether oxygens (including phenoxy) is 1. The fourth-order valence-electron chi connectivity index (χ4n) is 3.52. The highest BCUT2D eigenvalue weighted by atomic mass is 32.1. The number of para-hydroxylation sites is 1. The van der Waals surface area contributed by atoms with Crippen molar-refractivity contribution in [2.45, 2.75) is 32.4 Å². The van der Waals surface area contributed by atoms with Gasteiger partial charge in [0.25, 0.3) is 5.91 Å². The molecule has 0 fully saturated rings. The highest BCUT2D eigenvalue weighted by Gasteiger charge is 2.33. The number of alkyl halides is 3. The molecular weight excluding hydrogens is 403 g/mol. The van der Waals surface area contributed by atoms with Crippen molar-refractivity contribution in [1.82, 2.24) is 9.97 Å². The summed E-state index contributed by atoms with van der Waals surface area (Å²) in [4.78, 5) is 22.7. The first kappa shape index (κ1) is 19.6. The highest BCUT2D eigenvalue weighted by Crippen LogP contribution is 2.40. The van der Waals surface area contributed by atoms with Crippen molar-refractivity contribution in [2.24, 2.45) is 5.92 Å². The number of amides is 1. The van der Waals surface area contributed by atoms with Crippen LogP contribution in [0.25, 0.3) is 10.2 Å². The molecule has 152 valence electrons. The number of hydrogen-bond acceptors (Lipinski definition) is 5. The van der Waals surface area contributed by atoms with Crippen LogP contribution in [0.15, 0.2) is 30.6 Å². The third-order valence-corrected chi connectivity index (χ3v) is 6.07. The van der Waals surface area contributed by atoms with E-state index >= 15 is 0 Å². The number of rotatable bonds is 4. The van der Waals surface area contributed by atoms with Crippen molar-refractivity contribution in [3.05, 3.63) is 46.6 Å². The van der Waals surface area contributed by atoms with Crippen molar-refractivity contribution in [1.29, 1.82) is 0 Å². The molecule has 0 spiro atoms. The Morgan fingerprint density at radius 2 is 2.10 bits per heavy atom. The number of anilines is 1. The van der Waals surface area contributed by atoms with Crippen molar-refractivity contribution >= 4 is 33.1 Å². The van der Waals surface area contributed by atoms with Gasteiger partial charge < -0.3 is 10.1 Å². The maximum atomic E-state index is 13.1. The fraction of sp³-hybridized carbons (Fsp3) is 0.350. The molecular formula is C20H18F3N3O2S. The Morgan fingerprint density at radius 3 is 2.90 bits per heavy atom. The van der Waals surface area contributed by atoms with Gasteiger partial charge in [-0.1, -0.05) is 19.1 Å². The zero-order valence-corrected chi connectivity index (χ0v) is 16.4. The maximum Gasteiger partial charge on any atom is 0.418 e. The van der Waals surface area contributed by atoms with Gasteiger partial charge in [0.2, 0.25) is 5.88 Å². The molecule has 0 saturated carbocycles. The van der Waals surface area contributed by atoms with Gasteiger partial charge in [0, 0.05) is 4.88 Å². The topological polar surface area (TPSA) is 64.1 Å². The molecule has 1 amide bonds. The third-order valence-electron chi connectivity index (χ3n) is 4.90. The van der Waals surface area contributed by atoms with E-state index in [0.29, 0.717) is 11.8 Å². The van der Waals surface area contributed by atoms with E-state index < -0.39 is 24.3 Å². The molecule has 1 N–H and O–H groups in total. The Hall–Kier alpha value is -2.68. The van der Waals surface area contributed by atoms with Gasteiger partial charge >= 0.3 is 6.18 Å². The maximum absolute atomic E-state index is 13.1. The highest BCUT2D eigenvalue weighted by molar-refractivity contribution is 7.18. The molecule has 1 atom stereocenters. The van der Waals surface area contributed by atoms with Crippen molar-refractivity contribution in [3.8, 4) is 5.88 Å². The molecule has 1 aliphatic rings. The van der Waals surface area contributed by atoms with Gasteiger partial charge in [0.15, 0.2) is 6.61 Å². The summed E-state index contributed by atoms with van der Waals surface area (Å²) in [5, 5.41) is 3.08. The standard InChI is InChI=1S/C20H18F3N3O2S/c1-11-6-7-12-15(8-11)29-19-17(12)18(24-10-25-19)28-9-16(27)26-14-5-3-2-4-13(14)20(21,22)23/h2-5,10-11H,6-9H2,1H3,(H,26,27). The first-order chi connectivity index (χ1) is 13.8. The summed E-state index contributed by atoms with van der Waals surface area (Å²) in [6.45, 7) is 1.76. The summed E-state index contributed by atoms with van der Waals surface area (Å²) in [6, 6.07) is 4.83. The van der Waals surface area contributed by atoms with Crippen LogP contribution in [0, 0.1) is 5.92 Å². The molecule has 3 aromatic rings. The van der Waals surface area contributed by atoms with Gasteiger partial charge in [-0.3, -0.25) is 4.79 Å². The van der Waals surface area contributed by atoms with E-state index in [1.807, 2.05) is 0 Å². The number of aromatic nitrogens is 2. The number of nitrogens with zero attached hydrogens (tertiary/aromatic N) is 2. The summed E-state index contributed by atoms with van der Waals surface area (Å²) in [7, 11) is 0. The smallest absolute Gasteiger partial charge is 0.418 e. The lowest BCUT2D eigenvalue weighted by Crippen LogP contribution is -2.22. The lowest BCUT2D eigenvalue weighted by Gasteiger charge is -2.18. The van der Waals surface area contributed by atoms with Crippen LogP contribution in [0.4, 0.5) is 18.9 Å². The van der Waals surface area contributed by atoms with Crippen LogP contribution in [0.3, 0.4) is 0 Å². The predicted molar refractivity (Wildman–Crippen MR) is 104 cm³/mol. The molecule has 2 aromatic heterocycles. The number of carbonyl (C=O) groups is 1. The summed E-state index contributed by atoms with van der Waals surface area (Å²) in [6.07, 6.45) is -0.256. The molecule has 1 unspecified atom stereocenters. The number of carbonyl (C=O) groups excluding carboxylic acids is 1. The second-order valence-corrected chi connectivity index (χ2v) is 8.17. The van der Waals surface area contributed by atoms with E-state index in [9.17, 15) is 18.0 Å². The van der Waals surface area contributed by atoms with Gasteiger partial charge in [-0.05, 0) is 42.9 Å². The summed E-state index contributed by atoms with van der Waals surface area (Å²) >= 11 is 1.60. The SMILES string of the molecule is CC1CCc2c(sc3ncnc(OCC(=O)Nc4ccccc4C(F)(F)F)c23)C1. The molecule has 9 heteroatoms. The number of hydrogen-bond donors (Lipinski definition) is 1. The minimum absolute atomic E-state index is 0.293. The fourth-order valence-corrected chi connectivity index (χ4v) is 4.86. The number of halogens is 3. The Labute approximate surface area is 168 Å². The Kier molecular flexibility index (Phi) is 5.16. The van der Waals surface area contributed by atoms with Crippen molar-refractivity contribution in [3.63, 3.8) is 0 Å². The molecule has 1 aromatic carbocycles. The largest absolute Gasteiger partial charge is 0.467 e. The number of aryl methyl sites for hydroxylation is 1. The zero-order valence-electron chi connectivity index (χ0n) is 15.5. The third kappa shape index (κ3) is 4.05. The predicted octanol–water partition coefficient (Wildman–Crippen LogP) is 4.85. The summed E-state index contributed by atoms with van der Waals surface area (Å²) in [5.74, 6) is 0.208. The van der Waals surface area contributed by atoms with Crippen LogP contribution in [-0.4, -0.2) is 22.5 Å². The van der Waals surface area contributed by atoms with Crippen LogP contribution in [0.2, 0.25) is 0 Å². The Morgan fingerprint density at radius 1 is 1.31 bits per heavy atom. The average Bonchev–Trinajstić information content (AvgIpc) is 3.04. The van der Waals surface area contributed by atoms with Crippen LogP contribution in [0.1, 0.15) is 29.3 Å². The van der Waals surface area contributed by atoms with Crippen LogP contribution < -0.4 is 10.1 Å². The second kappa shape index (κ2) is 7.62. The van der Waals surface area contributed by atoms with Gasteiger partial charge in [0.1, 0.15) is 11.2 Å². The molecule has 2 heterocycles. The zero-order chi connectivity index (χ0) is 20.6. The van der Waals surface area contributed by atoms with Crippen LogP contribution >= 0.6 is 11.3 Å². The quantitative estimate of drug-likeness (QED) is 0.654. The molecule has 0 saturated heterocycles. The van der Waals surface area contributed by atoms with Crippen molar-refractivity contribution in [2.75, 3.05) is 11.9 Å². The summed E-state index contributed by atoms with van der Waals surface area (Å²) in [5.41, 5.74) is -0.0522. The number of fused-ring (bicyclic) bond motifs is 3. The molecule has 0 bridgehead atoms. The first-order valence-corrected chi connectivity index (χ1v) is 9.98. The lowest BCUT2D eigenvalue weighted by atomic mass is 9.89. The average molecular weight is 421 g/mol. The molecule has 5 nitrogen and oxygen atoms in total. The molecule has 1 aliphatic carbocycles. The lowest BCUT2D eigenvalue weighted by molar-refractivity contribution is -0.137. The van der Waals surface area contributed by atoms with Crippen LogP contribution in [0.5, 0.6) is 5.88 Å². The molecule has 0 aliphatic heterocycles. The molecule has 29 heavy (non-hydrogen) atoms.